The van der Waals surface area contributed by atoms with Gasteiger partial charge in [0, 0.05) is 4.90 Å². The number of anilines is 1. The van der Waals surface area contributed by atoms with Crippen molar-refractivity contribution in [2.45, 2.75) is 4.90 Å². The molecule has 1 rings (SSSR count). The van der Waals surface area contributed by atoms with Crippen LogP contribution in [0.5, 0.6) is 5.75 Å². The van der Waals surface area contributed by atoms with Crippen LogP contribution in [-0.4, -0.2) is 7.11 Å². The second-order valence-electron chi connectivity index (χ2n) is 2.39. The summed E-state index contributed by atoms with van der Waals surface area (Å²) in [5, 5.41) is 19.1. The van der Waals surface area contributed by atoms with Crippen molar-refractivity contribution in [1.29, 1.82) is 10.5 Å². The van der Waals surface area contributed by atoms with E-state index < -0.39 is 0 Å². The zero-order valence-corrected chi connectivity index (χ0v) is 8.26. The Kier molecular flexibility index (Phi) is 3.22. The lowest BCUT2D eigenvalue weighted by Gasteiger charge is -2.06. The molecule has 0 aliphatic rings. The Morgan fingerprint density at radius 1 is 1.43 bits per heavy atom. The van der Waals surface area contributed by atoms with Crippen LogP contribution >= 0.6 is 11.8 Å². The van der Waals surface area contributed by atoms with Gasteiger partial charge in [-0.2, -0.15) is 10.5 Å². The van der Waals surface area contributed by atoms with Crippen LogP contribution in [0.15, 0.2) is 17.0 Å². The van der Waals surface area contributed by atoms with Crippen molar-refractivity contribution in [3.05, 3.63) is 17.7 Å². The molecule has 0 saturated carbocycles. The average molecular weight is 205 g/mol. The summed E-state index contributed by atoms with van der Waals surface area (Å²) in [5.74, 6) is 0.418. The molecule has 0 aromatic heterocycles. The van der Waals surface area contributed by atoms with Crippen LogP contribution in [0.3, 0.4) is 0 Å². The lowest BCUT2D eigenvalue weighted by Crippen LogP contribution is -1.96. The highest BCUT2D eigenvalue weighted by atomic mass is 32.2. The quantitative estimate of drug-likeness (QED) is 0.451. The Bertz CT molecular complexity index is 431. The second-order valence-corrected chi connectivity index (χ2v) is 3.25. The molecule has 0 aliphatic heterocycles. The fourth-order valence-electron chi connectivity index (χ4n) is 0.974. The van der Waals surface area contributed by atoms with E-state index in [1.807, 2.05) is 11.5 Å². The maximum atomic E-state index is 8.75. The fraction of sp³-hybridized carbons (Fsp3) is 0.111. The van der Waals surface area contributed by atoms with Gasteiger partial charge in [0.2, 0.25) is 0 Å². The van der Waals surface area contributed by atoms with Crippen LogP contribution in [0.2, 0.25) is 0 Å². The molecule has 4 nitrogen and oxygen atoms in total. The number of methoxy groups -OCH3 is 1. The van der Waals surface area contributed by atoms with E-state index >= 15 is 0 Å². The number of hydrogen-bond acceptors (Lipinski definition) is 5. The van der Waals surface area contributed by atoms with E-state index in [9.17, 15) is 0 Å². The molecule has 2 N–H and O–H groups in total. The summed E-state index contributed by atoms with van der Waals surface area (Å²) in [6, 6.07) is 5.13. The first kappa shape index (κ1) is 10.2. The van der Waals surface area contributed by atoms with Gasteiger partial charge in [-0.3, -0.25) is 0 Å². The zero-order valence-electron chi connectivity index (χ0n) is 7.44. The molecular weight excluding hydrogens is 198 g/mol. The minimum atomic E-state index is 0.303. The van der Waals surface area contributed by atoms with Gasteiger partial charge in [0.05, 0.1) is 18.4 Å². The highest BCUT2D eigenvalue weighted by Gasteiger charge is 2.08. The first-order valence-electron chi connectivity index (χ1n) is 3.66. The molecular formula is C9H7N3OS. The van der Waals surface area contributed by atoms with E-state index in [2.05, 4.69) is 0 Å². The van der Waals surface area contributed by atoms with E-state index in [0.717, 1.165) is 11.8 Å². The van der Waals surface area contributed by atoms with E-state index in [1.165, 1.54) is 7.11 Å². The summed E-state index contributed by atoms with van der Waals surface area (Å²) in [6.07, 6.45) is 0. The predicted octanol–water partition coefficient (Wildman–Crippen LogP) is 1.72. The topological polar surface area (TPSA) is 82.8 Å². The van der Waals surface area contributed by atoms with Gasteiger partial charge in [0.1, 0.15) is 17.2 Å². The molecule has 1 aromatic carbocycles. The van der Waals surface area contributed by atoms with Gasteiger partial charge in [-0.05, 0) is 23.9 Å². The van der Waals surface area contributed by atoms with Gasteiger partial charge >= 0.3 is 0 Å². The molecule has 14 heavy (non-hydrogen) atoms. The molecule has 0 atom stereocenters. The molecule has 70 valence electrons. The van der Waals surface area contributed by atoms with Crippen molar-refractivity contribution in [2.75, 3.05) is 12.8 Å². The maximum Gasteiger partial charge on any atom is 0.144 e. The van der Waals surface area contributed by atoms with Gasteiger partial charge in [-0.25, -0.2) is 0 Å². The summed E-state index contributed by atoms with van der Waals surface area (Å²) in [7, 11) is 1.47. The van der Waals surface area contributed by atoms with Crippen molar-refractivity contribution in [3.63, 3.8) is 0 Å². The molecule has 0 saturated heterocycles. The standard InChI is InChI=1S/C9H7N3OS/c1-13-8-3-7(14-5-11)2-6(4-10)9(8)12/h2-3H,12H2,1H3. The smallest absolute Gasteiger partial charge is 0.144 e. The molecule has 0 fully saturated rings. The van der Waals surface area contributed by atoms with Crippen LogP contribution in [0, 0.1) is 22.0 Å². The number of ether oxygens (including phenoxy) is 1. The van der Waals surface area contributed by atoms with E-state index in [-0.39, 0.29) is 0 Å². The summed E-state index contributed by atoms with van der Waals surface area (Å²) in [5.41, 5.74) is 6.25. The number of rotatable bonds is 2. The normalized spacial score (nSPS) is 8.79. The molecule has 5 heteroatoms. The SMILES string of the molecule is COc1cc(SC#N)cc(C#N)c1N. The third kappa shape index (κ3) is 1.90. The van der Waals surface area contributed by atoms with Crippen LogP contribution in [-0.2, 0) is 0 Å². The number of thioether (sulfide) groups is 1. The second kappa shape index (κ2) is 4.40. The highest BCUT2D eigenvalue weighted by molar-refractivity contribution is 8.03. The van der Waals surface area contributed by atoms with E-state index in [0.29, 0.717) is 21.9 Å². The number of nitrogen functional groups attached to an aromatic ring is 1. The first-order chi connectivity index (χ1) is 6.72. The van der Waals surface area contributed by atoms with Gasteiger partial charge < -0.3 is 10.5 Å². The number of thiocyanates is 1. The predicted molar refractivity (Wildman–Crippen MR) is 53.6 cm³/mol. The number of nitrogens with two attached hydrogens (primary N) is 1. The molecule has 0 amide bonds. The number of nitrogens with zero attached hydrogens (tertiary/aromatic N) is 2. The molecule has 0 bridgehead atoms. The minimum Gasteiger partial charge on any atom is -0.495 e. The van der Waals surface area contributed by atoms with E-state index in [4.69, 9.17) is 21.0 Å². The van der Waals surface area contributed by atoms with Gasteiger partial charge in [0.15, 0.2) is 0 Å². The largest absolute Gasteiger partial charge is 0.495 e. The summed E-state index contributed by atoms with van der Waals surface area (Å²) >= 11 is 0.962. The fourth-order valence-corrected chi connectivity index (χ4v) is 1.42. The maximum absolute atomic E-state index is 8.75. The third-order valence-electron chi connectivity index (χ3n) is 1.62. The zero-order chi connectivity index (χ0) is 10.6. The third-order valence-corrected chi connectivity index (χ3v) is 2.18. The lowest BCUT2D eigenvalue weighted by atomic mass is 10.2. The summed E-state index contributed by atoms with van der Waals surface area (Å²) in [6.45, 7) is 0. The average Bonchev–Trinajstić information content (AvgIpc) is 2.20. The van der Waals surface area contributed by atoms with Crippen LogP contribution in [0.1, 0.15) is 5.56 Å². The number of nitriles is 2. The Hall–Kier alpha value is -1.85. The molecule has 0 unspecified atom stereocenters. The highest BCUT2D eigenvalue weighted by Crippen LogP contribution is 2.31. The summed E-state index contributed by atoms with van der Waals surface area (Å²) in [4.78, 5) is 0.648. The van der Waals surface area contributed by atoms with Gasteiger partial charge in [0.25, 0.3) is 0 Å². The van der Waals surface area contributed by atoms with Gasteiger partial charge in [-0.1, -0.05) is 0 Å². The molecule has 0 heterocycles. The molecule has 1 aromatic rings. The number of hydrogen-bond donors (Lipinski definition) is 1. The summed E-state index contributed by atoms with van der Waals surface area (Å²) < 4.78 is 4.98. The molecule has 0 radical (unpaired) electrons. The minimum absolute atomic E-state index is 0.303. The van der Waals surface area contributed by atoms with Crippen LogP contribution < -0.4 is 10.5 Å². The van der Waals surface area contributed by atoms with Crippen molar-refractivity contribution in [2.24, 2.45) is 0 Å². The van der Waals surface area contributed by atoms with Crippen LogP contribution in [0.25, 0.3) is 0 Å². The molecule has 0 aliphatic carbocycles. The Labute approximate surface area is 85.9 Å². The lowest BCUT2D eigenvalue weighted by molar-refractivity contribution is 0.416. The number of benzene rings is 1. The van der Waals surface area contributed by atoms with Crippen molar-refractivity contribution in [1.82, 2.24) is 0 Å². The Morgan fingerprint density at radius 3 is 2.64 bits per heavy atom. The first-order valence-corrected chi connectivity index (χ1v) is 4.48. The monoisotopic (exact) mass is 205 g/mol. The van der Waals surface area contributed by atoms with Gasteiger partial charge in [-0.15, -0.1) is 0 Å². The van der Waals surface area contributed by atoms with Crippen molar-refractivity contribution < 1.29 is 4.74 Å². The van der Waals surface area contributed by atoms with Crippen molar-refractivity contribution >= 4 is 17.4 Å². The molecule has 0 spiro atoms. The van der Waals surface area contributed by atoms with Crippen LogP contribution in [0.4, 0.5) is 5.69 Å². The Balaban J connectivity index is 3.28. The van der Waals surface area contributed by atoms with Crippen molar-refractivity contribution in [3.8, 4) is 17.2 Å². The van der Waals surface area contributed by atoms with E-state index in [1.54, 1.807) is 12.1 Å². The Morgan fingerprint density at radius 2 is 2.14 bits per heavy atom.